The van der Waals surface area contributed by atoms with E-state index in [9.17, 15) is 4.79 Å². The fraction of sp³-hybridized carbons (Fsp3) is 0.231. The highest BCUT2D eigenvalue weighted by Gasteiger charge is 2.12. The van der Waals surface area contributed by atoms with Crippen molar-refractivity contribution >= 4 is 16.9 Å². The molecule has 4 rings (SSSR count). The molecule has 0 aliphatic rings. The molecule has 1 N–H and O–H groups in total. The van der Waals surface area contributed by atoms with Gasteiger partial charge >= 0.3 is 0 Å². The van der Waals surface area contributed by atoms with E-state index in [1.54, 1.807) is 0 Å². The number of carbonyl (C=O) groups is 1. The lowest BCUT2D eigenvalue weighted by molar-refractivity contribution is 0.0954. The van der Waals surface area contributed by atoms with E-state index in [0.717, 1.165) is 33.7 Å². The summed E-state index contributed by atoms with van der Waals surface area (Å²) < 4.78 is 8.19. The molecule has 1 amide bonds. The molecule has 0 fully saturated rings. The number of rotatable bonds is 8. The van der Waals surface area contributed by atoms with Gasteiger partial charge in [-0.1, -0.05) is 48.0 Å². The first-order valence-electron chi connectivity index (χ1n) is 10.6. The van der Waals surface area contributed by atoms with Crippen LogP contribution in [-0.4, -0.2) is 28.6 Å². The van der Waals surface area contributed by atoms with Gasteiger partial charge in [0.2, 0.25) is 0 Å². The van der Waals surface area contributed by atoms with Crippen molar-refractivity contribution in [3.05, 3.63) is 95.3 Å². The number of hydrogen-bond donors (Lipinski definition) is 1. The number of imidazole rings is 1. The molecule has 158 valence electrons. The SMILES string of the molecule is Cc1ccc(C(=O)NCCc2nc3ccccc3n2CCOc2ccccc2C)cc1. The number of nitrogens with one attached hydrogen (secondary N) is 1. The summed E-state index contributed by atoms with van der Waals surface area (Å²) in [4.78, 5) is 17.2. The third-order valence-electron chi connectivity index (χ3n) is 5.35. The molecule has 0 unspecified atom stereocenters. The summed E-state index contributed by atoms with van der Waals surface area (Å²) in [6, 6.07) is 23.7. The summed E-state index contributed by atoms with van der Waals surface area (Å²) in [6.07, 6.45) is 0.649. The third kappa shape index (κ3) is 4.94. The highest BCUT2D eigenvalue weighted by molar-refractivity contribution is 5.94. The maximum absolute atomic E-state index is 12.4. The predicted octanol–water partition coefficient (Wildman–Crippen LogP) is 4.70. The predicted molar refractivity (Wildman–Crippen MR) is 124 cm³/mol. The third-order valence-corrected chi connectivity index (χ3v) is 5.35. The summed E-state index contributed by atoms with van der Waals surface area (Å²) in [5.74, 6) is 1.78. The summed E-state index contributed by atoms with van der Waals surface area (Å²) in [5.41, 5.74) is 4.97. The van der Waals surface area contributed by atoms with Crippen LogP contribution in [0.1, 0.15) is 27.3 Å². The Morgan fingerprint density at radius 2 is 1.71 bits per heavy atom. The Labute approximate surface area is 182 Å². The van der Waals surface area contributed by atoms with Crippen LogP contribution in [0.2, 0.25) is 0 Å². The van der Waals surface area contributed by atoms with Crippen molar-refractivity contribution in [2.45, 2.75) is 26.8 Å². The lowest BCUT2D eigenvalue weighted by Gasteiger charge is -2.12. The van der Waals surface area contributed by atoms with E-state index in [2.05, 4.69) is 16.0 Å². The minimum Gasteiger partial charge on any atom is -0.491 e. The topological polar surface area (TPSA) is 56.2 Å². The lowest BCUT2D eigenvalue weighted by Crippen LogP contribution is -2.26. The minimum atomic E-state index is -0.0643. The molecule has 5 heteroatoms. The molecule has 31 heavy (non-hydrogen) atoms. The van der Waals surface area contributed by atoms with E-state index in [4.69, 9.17) is 9.72 Å². The average Bonchev–Trinajstić information content (AvgIpc) is 3.13. The van der Waals surface area contributed by atoms with Gasteiger partial charge in [0.15, 0.2) is 0 Å². The van der Waals surface area contributed by atoms with Gasteiger partial charge in [-0.15, -0.1) is 0 Å². The van der Waals surface area contributed by atoms with Crippen molar-refractivity contribution in [3.8, 4) is 5.75 Å². The molecule has 3 aromatic carbocycles. The normalized spacial score (nSPS) is 10.9. The number of aryl methyl sites for hydroxylation is 2. The molecule has 5 nitrogen and oxygen atoms in total. The lowest BCUT2D eigenvalue weighted by atomic mass is 10.1. The number of benzene rings is 3. The van der Waals surface area contributed by atoms with Crippen molar-refractivity contribution in [2.24, 2.45) is 0 Å². The maximum Gasteiger partial charge on any atom is 0.251 e. The van der Waals surface area contributed by atoms with Crippen LogP contribution in [-0.2, 0) is 13.0 Å². The van der Waals surface area contributed by atoms with Crippen LogP contribution in [0.25, 0.3) is 11.0 Å². The summed E-state index contributed by atoms with van der Waals surface area (Å²) in [7, 11) is 0. The van der Waals surface area contributed by atoms with Crippen LogP contribution in [0.15, 0.2) is 72.8 Å². The number of fused-ring (bicyclic) bond motifs is 1. The van der Waals surface area contributed by atoms with Gasteiger partial charge in [-0.2, -0.15) is 0 Å². The minimum absolute atomic E-state index is 0.0643. The number of amides is 1. The highest BCUT2D eigenvalue weighted by Crippen LogP contribution is 2.19. The molecule has 0 spiro atoms. The van der Waals surface area contributed by atoms with Gasteiger partial charge in [0.1, 0.15) is 18.2 Å². The molecular weight excluding hydrogens is 386 g/mol. The number of ether oxygens (including phenoxy) is 1. The van der Waals surface area contributed by atoms with Crippen molar-refractivity contribution in [2.75, 3.05) is 13.2 Å². The number of nitrogens with zero attached hydrogens (tertiary/aromatic N) is 2. The van der Waals surface area contributed by atoms with E-state index in [1.165, 1.54) is 0 Å². The van der Waals surface area contributed by atoms with E-state index < -0.39 is 0 Å². The van der Waals surface area contributed by atoms with Crippen molar-refractivity contribution in [3.63, 3.8) is 0 Å². The molecule has 0 radical (unpaired) electrons. The summed E-state index contributed by atoms with van der Waals surface area (Å²) >= 11 is 0. The highest BCUT2D eigenvalue weighted by atomic mass is 16.5. The molecule has 0 bridgehead atoms. The molecular formula is C26H27N3O2. The second-order valence-electron chi connectivity index (χ2n) is 7.65. The van der Waals surface area contributed by atoms with E-state index in [-0.39, 0.29) is 5.91 Å². The molecule has 0 saturated heterocycles. The van der Waals surface area contributed by atoms with Crippen molar-refractivity contribution in [1.82, 2.24) is 14.9 Å². The Morgan fingerprint density at radius 1 is 0.968 bits per heavy atom. The van der Waals surface area contributed by atoms with Crippen LogP contribution in [0.4, 0.5) is 0 Å². The number of aromatic nitrogens is 2. The first-order valence-corrected chi connectivity index (χ1v) is 10.6. The molecule has 1 aromatic heterocycles. The van der Waals surface area contributed by atoms with E-state index in [0.29, 0.717) is 31.7 Å². The van der Waals surface area contributed by atoms with Crippen LogP contribution in [0, 0.1) is 13.8 Å². The maximum atomic E-state index is 12.4. The van der Waals surface area contributed by atoms with E-state index >= 15 is 0 Å². The zero-order valence-corrected chi connectivity index (χ0v) is 18.0. The van der Waals surface area contributed by atoms with Gasteiger partial charge in [-0.3, -0.25) is 4.79 Å². The number of hydrogen-bond acceptors (Lipinski definition) is 3. The smallest absolute Gasteiger partial charge is 0.251 e. The largest absolute Gasteiger partial charge is 0.491 e. The Morgan fingerprint density at radius 3 is 2.52 bits per heavy atom. The van der Waals surface area contributed by atoms with Gasteiger partial charge in [-0.25, -0.2) is 4.98 Å². The Kier molecular flexibility index (Phi) is 6.32. The molecule has 0 aliphatic heterocycles. The van der Waals surface area contributed by atoms with Crippen LogP contribution in [0.3, 0.4) is 0 Å². The van der Waals surface area contributed by atoms with Gasteiger partial charge in [0, 0.05) is 18.5 Å². The molecule has 4 aromatic rings. The van der Waals surface area contributed by atoms with Crippen LogP contribution < -0.4 is 10.1 Å². The van der Waals surface area contributed by atoms with Crippen molar-refractivity contribution in [1.29, 1.82) is 0 Å². The first-order chi connectivity index (χ1) is 15.1. The Balaban J connectivity index is 1.42. The standard InChI is InChI=1S/C26H27N3O2/c1-19-11-13-21(14-12-19)26(30)27-16-15-25-28-22-8-4-5-9-23(22)29(25)17-18-31-24-10-6-3-7-20(24)2/h3-14H,15-18H2,1-2H3,(H,27,30). The van der Waals surface area contributed by atoms with Crippen molar-refractivity contribution < 1.29 is 9.53 Å². The molecule has 1 heterocycles. The Hall–Kier alpha value is -3.60. The monoisotopic (exact) mass is 413 g/mol. The molecule has 0 atom stereocenters. The Bertz CT molecular complexity index is 1180. The second-order valence-corrected chi connectivity index (χ2v) is 7.65. The van der Waals surface area contributed by atoms with Gasteiger partial charge < -0.3 is 14.6 Å². The molecule has 0 aliphatic carbocycles. The number of para-hydroxylation sites is 3. The second kappa shape index (κ2) is 9.47. The summed E-state index contributed by atoms with van der Waals surface area (Å²) in [5, 5.41) is 3.00. The average molecular weight is 414 g/mol. The first kappa shape index (κ1) is 20.7. The van der Waals surface area contributed by atoms with Crippen LogP contribution in [0.5, 0.6) is 5.75 Å². The summed E-state index contributed by atoms with van der Waals surface area (Å²) in [6.45, 7) is 5.82. The molecule has 0 saturated carbocycles. The van der Waals surface area contributed by atoms with Gasteiger partial charge in [-0.05, 0) is 49.7 Å². The fourth-order valence-electron chi connectivity index (χ4n) is 3.63. The van der Waals surface area contributed by atoms with Gasteiger partial charge in [0.05, 0.1) is 17.6 Å². The van der Waals surface area contributed by atoms with Gasteiger partial charge in [0.25, 0.3) is 5.91 Å². The quantitative estimate of drug-likeness (QED) is 0.455. The van der Waals surface area contributed by atoms with Crippen LogP contribution >= 0.6 is 0 Å². The zero-order chi connectivity index (χ0) is 21.6. The zero-order valence-electron chi connectivity index (χ0n) is 18.0. The van der Waals surface area contributed by atoms with E-state index in [1.807, 2.05) is 80.6 Å². The fourth-order valence-corrected chi connectivity index (χ4v) is 3.63. The number of carbonyl (C=O) groups excluding carboxylic acids is 1.